The van der Waals surface area contributed by atoms with E-state index in [4.69, 9.17) is 0 Å². The van der Waals surface area contributed by atoms with Crippen LogP contribution in [0.3, 0.4) is 0 Å². The van der Waals surface area contributed by atoms with Crippen molar-refractivity contribution in [3.8, 4) is 0 Å². The van der Waals surface area contributed by atoms with E-state index in [0.29, 0.717) is 6.54 Å². The zero-order valence-corrected chi connectivity index (χ0v) is 11.0. The molecule has 0 aliphatic heterocycles. The van der Waals surface area contributed by atoms with Crippen LogP contribution in [-0.2, 0) is 6.54 Å². The van der Waals surface area contributed by atoms with Crippen molar-refractivity contribution in [3.05, 3.63) is 61.8 Å². The molecule has 2 rings (SSSR count). The molecule has 4 heteroatoms. The molecule has 0 atom stereocenters. The first kappa shape index (κ1) is 11.3. The standard InChI is InChI=1S/C12H11IN2O/c1-9-6-14-12(16)15(7-9)8-10-2-4-11(13)5-3-10/h2-7H,8H2,1H3. The lowest BCUT2D eigenvalue weighted by Crippen LogP contribution is -2.22. The first-order valence-corrected chi connectivity index (χ1v) is 6.00. The molecule has 3 nitrogen and oxygen atoms in total. The molecule has 1 heterocycles. The Morgan fingerprint density at radius 3 is 2.69 bits per heavy atom. The molecule has 0 aliphatic rings. The van der Waals surface area contributed by atoms with E-state index in [-0.39, 0.29) is 5.69 Å². The highest BCUT2D eigenvalue weighted by atomic mass is 127. The zero-order valence-electron chi connectivity index (χ0n) is 8.85. The summed E-state index contributed by atoms with van der Waals surface area (Å²) in [6.07, 6.45) is 3.42. The molecule has 0 amide bonds. The number of halogens is 1. The maximum absolute atomic E-state index is 11.5. The quantitative estimate of drug-likeness (QED) is 0.793. The highest BCUT2D eigenvalue weighted by Gasteiger charge is 1.99. The molecule has 0 radical (unpaired) electrons. The Bertz CT molecular complexity index is 546. The fraction of sp³-hybridized carbons (Fsp3) is 0.167. The van der Waals surface area contributed by atoms with E-state index in [2.05, 4.69) is 27.6 Å². The number of rotatable bonds is 2. The summed E-state index contributed by atoms with van der Waals surface area (Å²) in [5.74, 6) is 0. The predicted octanol–water partition coefficient (Wildman–Crippen LogP) is 2.20. The highest BCUT2D eigenvalue weighted by molar-refractivity contribution is 14.1. The van der Waals surface area contributed by atoms with Gasteiger partial charge in [-0.3, -0.25) is 4.57 Å². The molecule has 0 saturated carbocycles. The van der Waals surface area contributed by atoms with Gasteiger partial charge in [-0.25, -0.2) is 9.78 Å². The number of hydrogen-bond donors (Lipinski definition) is 0. The second-order valence-electron chi connectivity index (χ2n) is 3.67. The minimum absolute atomic E-state index is 0.204. The fourth-order valence-electron chi connectivity index (χ4n) is 1.47. The second-order valence-corrected chi connectivity index (χ2v) is 4.91. The van der Waals surface area contributed by atoms with Gasteiger partial charge in [-0.2, -0.15) is 0 Å². The van der Waals surface area contributed by atoms with Crippen LogP contribution in [-0.4, -0.2) is 9.55 Å². The molecule has 0 bridgehead atoms. The van der Waals surface area contributed by atoms with Crippen molar-refractivity contribution in [2.45, 2.75) is 13.5 Å². The van der Waals surface area contributed by atoms with Gasteiger partial charge in [0.15, 0.2) is 0 Å². The number of aryl methyl sites for hydroxylation is 1. The van der Waals surface area contributed by atoms with Gasteiger partial charge in [-0.1, -0.05) is 12.1 Å². The van der Waals surface area contributed by atoms with Gasteiger partial charge in [-0.15, -0.1) is 0 Å². The molecule has 1 aromatic heterocycles. The van der Waals surface area contributed by atoms with Gasteiger partial charge in [0.05, 0.1) is 6.54 Å². The topological polar surface area (TPSA) is 34.9 Å². The van der Waals surface area contributed by atoms with Crippen molar-refractivity contribution in [1.82, 2.24) is 9.55 Å². The summed E-state index contributed by atoms with van der Waals surface area (Å²) in [7, 11) is 0. The lowest BCUT2D eigenvalue weighted by molar-refractivity contribution is 0.721. The Hall–Kier alpha value is -1.17. The molecule has 0 spiro atoms. The van der Waals surface area contributed by atoms with Gasteiger partial charge >= 0.3 is 5.69 Å². The van der Waals surface area contributed by atoms with Crippen LogP contribution in [0.5, 0.6) is 0 Å². The molecule has 0 saturated heterocycles. The van der Waals surface area contributed by atoms with Gasteiger partial charge < -0.3 is 0 Å². The Morgan fingerprint density at radius 2 is 2.00 bits per heavy atom. The minimum Gasteiger partial charge on any atom is -0.294 e. The van der Waals surface area contributed by atoms with Gasteiger partial charge in [0, 0.05) is 16.0 Å². The lowest BCUT2D eigenvalue weighted by atomic mass is 10.2. The Morgan fingerprint density at radius 1 is 1.31 bits per heavy atom. The predicted molar refractivity (Wildman–Crippen MR) is 71.5 cm³/mol. The van der Waals surface area contributed by atoms with E-state index >= 15 is 0 Å². The van der Waals surface area contributed by atoms with Gasteiger partial charge in [0.25, 0.3) is 0 Å². The van der Waals surface area contributed by atoms with Crippen molar-refractivity contribution < 1.29 is 0 Å². The SMILES string of the molecule is Cc1cnc(=O)n(Cc2ccc(I)cc2)c1. The van der Waals surface area contributed by atoms with Gasteiger partial charge in [0.1, 0.15) is 0 Å². The van der Waals surface area contributed by atoms with Crippen molar-refractivity contribution in [1.29, 1.82) is 0 Å². The van der Waals surface area contributed by atoms with Crippen LogP contribution in [0.15, 0.2) is 41.5 Å². The van der Waals surface area contributed by atoms with Crippen LogP contribution >= 0.6 is 22.6 Å². The number of aromatic nitrogens is 2. The number of hydrogen-bond acceptors (Lipinski definition) is 2. The molecule has 0 aliphatic carbocycles. The van der Waals surface area contributed by atoms with E-state index in [1.165, 1.54) is 3.57 Å². The minimum atomic E-state index is -0.204. The van der Waals surface area contributed by atoms with Gasteiger partial charge in [0.2, 0.25) is 0 Å². The van der Waals surface area contributed by atoms with E-state index in [0.717, 1.165) is 11.1 Å². The third-order valence-electron chi connectivity index (χ3n) is 2.25. The van der Waals surface area contributed by atoms with Gasteiger partial charge in [-0.05, 0) is 52.8 Å². The third-order valence-corrected chi connectivity index (χ3v) is 2.97. The van der Waals surface area contributed by atoms with Crippen molar-refractivity contribution in [2.24, 2.45) is 0 Å². The molecule has 1 aromatic carbocycles. The number of nitrogens with zero attached hydrogens (tertiary/aromatic N) is 2. The maximum Gasteiger partial charge on any atom is 0.347 e. The summed E-state index contributed by atoms with van der Waals surface area (Å²) in [6, 6.07) is 8.11. The van der Waals surface area contributed by atoms with E-state index in [9.17, 15) is 4.79 Å². The van der Waals surface area contributed by atoms with Crippen molar-refractivity contribution >= 4 is 22.6 Å². The van der Waals surface area contributed by atoms with Crippen LogP contribution in [0.4, 0.5) is 0 Å². The molecule has 2 aromatic rings. The Labute approximate surface area is 107 Å². The average molecular weight is 326 g/mol. The first-order valence-electron chi connectivity index (χ1n) is 4.93. The van der Waals surface area contributed by atoms with Crippen LogP contribution in [0.1, 0.15) is 11.1 Å². The molecule has 0 N–H and O–H groups in total. The summed E-state index contributed by atoms with van der Waals surface area (Å²) in [4.78, 5) is 15.3. The third kappa shape index (κ3) is 2.69. The van der Waals surface area contributed by atoms with Crippen molar-refractivity contribution in [2.75, 3.05) is 0 Å². The van der Waals surface area contributed by atoms with E-state index < -0.39 is 0 Å². The molecule has 0 fully saturated rings. The zero-order chi connectivity index (χ0) is 11.5. The second kappa shape index (κ2) is 4.78. The van der Waals surface area contributed by atoms with E-state index in [1.807, 2.05) is 37.4 Å². The normalized spacial score (nSPS) is 10.4. The fourth-order valence-corrected chi connectivity index (χ4v) is 1.82. The molecular formula is C12H11IN2O. The largest absolute Gasteiger partial charge is 0.347 e. The average Bonchev–Trinajstić information content (AvgIpc) is 2.27. The summed E-state index contributed by atoms with van der Waals surface area (Å²) in [5, 5.41) is 0. The summed E-state index contributed by atoms with van der Waals surface area (Å²) in [6.45, 7) is 2.50. The molecule has 82 valence electrons. The lowest BCUT2D eigenvalue weighted by Gasteiger charge is -2.05. The summed E-state index contributed by atoms with van der Waals surface area (Å²) < 4.78 is 2.81. The Balaban J connectivity index is 2.30. The van der Waals surface area contributed by atoms with Crippen LogP contribution in [0, 0.1) is 10.5 Å². The Kier molecular flexibility index (Phi) is 3.38. The van der Waals surface area contributed by atoms with Crippen LogP contribution in [0.25, 0.3) is 0 Å². The monoisotopic (exact) mass is 326 g/mol. The first-order chi connectivity index (χ1) is 7.65. The molecule has 16 heavy (non-hydrogen) atoms. The van der Waals surface area contributed by atoms with E-state index in [1.54, 1.807) is 10.8 Å². The molecule has 0 unspecified atom stereocenters. The van der Waals surface area contributed by atoms with Crippen LogP contribution < -0.4 is 5.69 Å². The highest BCUT2D eigenvalue weighted by Crippen LogP contribution is 2.07. The molecular weight excluding hydrogens is 315 g/mol. The smallest absolute Gasteiger partial charge is 0.294 e. The summed E-state index contributed by atoms with van der Waals surface area (Å²) >= 11 is 2.26. The van der Waals surface area contributed by atoms with Crippen LogP contribution in [0.2, 0.25) is 0 Å². The summed E-state index contributed by atoms with van der Waals surface area (Å²) in [5.41, 5.74) is 1.89. The number of benzene rings is 1. The van der Waals surface area contributed by atoms with Crippen molar-refractivity contribution in [3.63, 3.8) is 0 Å². The maximum atomic E-state index is 11.5.